The number of carbonyl (C=O) groups excluding carboxylic acids is 1. The van der Waals surface area contributed by atoms with E-state index in [4.69, 9.17) is 4.42 Å². The third-order valence-corrected chi connectivity index (χ3v) is 2.85. The number of likely N-dealkylation sites (N-methyl/N-ethyl adjacent to an activating group) is 1. The molecule has 2 aromatic heterocycles. The molecule has 0 saturated carbocycles. The summed E-state index contributed by atoms with van der Waals surface area (Å²) in [4.78, 5) is 32.0. The Balaban J connectivity index is 2.50. The summed E-state index contributed by atoms with van der Waals surface area (Å²) in [6.45, 7) is 4.94. The lowest BCUT2D eigenvalue weighted by Crippen LogP contribution is -2.40. The first kappa shape index (κ1) is 14.3. The van der Waals surface area contributed by atoms with Crippen molar-refractivity contribution in [2.45, 2.75) is 26.4 Å². The van der Waals surface area contributed by atoms with Crippen LogP contribution in [0.25, 0.3) is 11.1 Å². The predicted octanol–water partition coefficient (Wildman–Crippen LogP) is 0.667. The highest BCUT2D eigenvalue weighted by atomic mass is 16.3. The average Bonchev–Trinajstić information content (AvgIpc) is 2.63. The van der Waals surface area contributed by atoms with Gasteiger partial charge < -0.3 is 19.4 Å². The molecule has 0 aliphatic carbocycles. The maximum Gasteiger partial charge on any atom is 0.262 e. The van der Waals surface area contributed by atoms with Gasteiger partial charge >= 0.3 is 0 Å². The van der Waals surface area contributed by atoms with Crippen LogP contribution in [0.3, 0.4) is 0 Å². The summed E-state index contributed by atoms with van der Waals surface area (Å²) in [5.41, 5.74) is -1.14. The Labute approximate surface area is 115 Å². The Kier molecular flexibility index (Phi) is 3.39. The number of carbonyl (C=O) groups is 1. The molecule has 0 fully saturated rings. The van der Waals surface area contributed by atoms with E-state index in [0.717, 1.165) is 0 Å². The van der Waals surface area contributed by atoms with E-state index in [0.29, 0.717) is 5.76 Å². The molecule has 1 amide bonds. The maximum atomic E-state index is 12.4. The van der Waals surface area contributed by atoms with Crippen molar-refractivity contribution in [1.29, 1.82) is 0 Å². The van der Waals surface area contributed by atoms with Gasteiger partial charge in [0.1, 0.15) is 11.1 Å². The molecule has 0 unspecified atom stereocenters. The third kappa shape index (κ3) is 2.57. The van der Waals surface area contributed by atoms with Crippen molar-refractivity contribution < 1.29 is 14.3 Å². The van der Waals surface area contributed by atoms with Gasteiger partial charge in [-0.3, -0.25) is 9.59 Å². The van der Waals surface area contributed by atoms with E-state index in [1.54, 1.807) is 27.8 Å². The first-order valence-electron chi connectivity index (χ1n) is 6.15. The number of rotatable bonds is 3. The van der Waals surface area contributed by atoms with E-state index >= 15 is 0 Å². The lowest BCUT2D eigenvalue weighted by molar-refractivity contribution is 0.0367. The number of amides is 1. The Bertz CT molecular complexity index is 708. The number of furan rings is 1. The molecule has 108 valence electrons. The topological polar surface area (TPSA) is 99.4 Å². The summed E-state index contributed by atoms with van der Waals surface area (Å²) < 4.78 is 5.34. The van der Waals surface area contributed by atoms with E-state index in [1.165, 1.54) is 11.2 Å². The fraction of sp³-hybridized carbons (Fsp3) is 0.462. The zero-order valence-electron chi connectivity index (χ0n) is 11.9. The number of H-pyrrole nitrogens is 1. The van der Waals surface area contributed by atoms with Gasteiger partial charge in [-0.1, -0.05) is 0 Å². The number of hydrogen-bond donors (Lipinski definition) is 2. The van der Waals surface area contributed by atoms with Crippen molar-refractivity contribution in [3.63, 3.8) is 0 Å². The molecule has 0 bridgehead atoms. The summed E-state index contributed by atoms with van der Waals surface area (Å²) in [6, 6.07) is 0. The van der Waals surface area contributed by atoms with Crippen molar-refractivity contribution in [3.05, 3.63) is 28.0 Å². The van der Waals surface area contributed by atoms with E-state index in [-0.39, 0.29) is 29.1 Å². The van der Waals surface area contributed by atoms with Gasteiger partial charge in [0, 0.05) is 13.6 Å². The summed E-state index contributed by atoms with van der Waals surface area (Å²) >= 11 is 0. The van der Waals surface area contributed by atoms with Crippen LogP contribution in [0.15, 0.2) is 15.5 Å². The predicted molar refractivity (Wildman–Crippen MR) is 72.6 cm³/mol. The van der Waals surface area contributed by atoms with E-state index in [2.05, 4.69) is 9.97 Å². The van der Waals surface area contributed by atoms with E-state index in [1.807, 2.05) is 0 Å². The highest BCUT2D eigenvalue weighted by Gasteiger charge is 2.26. The van der Waals surface area contributed by atoms with Crippen molar-refractivity contribution in [3.8, 4) is 0 Å². The number of aromatic amines is 1. The molecule has 0 saturated heterocycles. The minimum Gasteiger partial charge on any atom is -0.442 e. The van der Waals surface area contributed by atoms with Gasteiger partial charge in [-0.25, -0.2) is 4.98 Å². The maximum absolute atomic E-state index is 12.4. The molecule has 7 nitrogen and oxygen atoms in total. The number of aliphatic hydroxyl groups is 1. The first-order valence-corrected chi connectivity index (χ1v) is 6.15. The summed E-state index contributed by atoms with van der Waals surface area (Å²) in [5, 5.41) is 9.91. The van der Waals surface area contributed by atoms with Crippen LogP contribution in [-0.4, -0.2) is 45.1 Å². The minimum atomic E-state index is -1.03. The highest BCUT2D eigenvalue weighted by Crippen LogP contribution is 2.22. The molecule has 0 aliphatic heterocycles. The first-order chi connectivity index (χ1) is 9.20. The van der Waals surface area contributed by atoms with Crippen LogP contribution >= 0.6 is 0 Å². The molecular formula is C13H17N3O4. The fourth-order valence-electron chi connectivity index (χ4n) is 2.15. The highest BCUT2D eigenvalue weighted by molar-refractivity contribution is 6.06. The molecule has 0 spiro atoms. The summed E-state index contributed by atoms with van der Waals surface area (Å²) in [7, 11) is 1.56. The second-order valence-electron chi connectivity index (χ2n) is 5.42. The van der Waals surface area contributed by atoms with Crippen molar-refractivity contribution in [2.24, 2.45) is 0 Å². The monoisotopic (exact) mass is 279 g/mol. The molecule has 7 heteroatoms. The van der Waals surface area contributed by atoms with E-state index < -0.39 is 11.2 Å². The smallest absolute Gasteiger partial charge is 0.262 e. The lowest BCUT2D eigenvalue weighted by Gasteiger charge is -2.25. The Morgan fingerprint density at radius 2 is 2.20 bits per heavy atom. The summed E-state index contributed by atoms with van der Waals surface area (Å²) in [5.74, 6) is -0.0568. The molecule has 0 aromatic carbocycles. The van der Waals surface area contributed by atoms with Gasteiger partial charge in [-0.15, -0.1) is 0 Å². The molecule has 0 atom stereocenters. The van der Waals surface area contributed by atoms with Crippen molar-refractivity contribution in [1.82, 2.24) is 14.9 Å². The van der Waals surface area contributed by atoms with Gasteiger partial charge in [-0.05, 0) is 20.8 Å². The molecule has 2 heterocycles. The van der Waals surface area contributed by atoms with Crippen LogP contribution < -0.4 is 5.56 Å². The molecule has 20 heavy (non-hydrogen) atoms. The van der Waals surface area contributed by atoms with Crippen molar-refractivity contribution >= 4 is 17.0 Å². The largest absolute Gasteiger partial charge is 0.442 e. The van der Waals surface area contributed by atoms with Crippen molar-refractivity contribution in [2.75, 3.05) is 13.6 Å². The number of fused-ring (bicyclic) bond motifs is 1. The number of aryl methyl sites for hydroxylation is 1. The SMILES string of the molecule is Cc1oc2nc[nH]c(=O)c2c1C(=O)N(C)CC(C)(C)O. The van der Waals surface area contributed by atoms with Crippen LogP contribution in [0.2, 0.25) is 0 Å². The number of nitrogens with zero attached hydrogens (tertiary/aromatic N) is 2. The van der Waals surface area contributed by atoms with Crippen LogP contribution in [0.4, 0.5) is 0 Å². The molecule has 0 aliphatic rings. The fourth-order valence-corrected chi connectivity index (χ4v) is 2.15. The van der Waals surface area contributed by atoms with Gasteiger partial charge in [-0.2, -0.15) is 0 Å². The normalized spacial score (nSPS) is 11.8. The minimum absolute atomic E-state index is 0.131. The molecule has 2 N–H and O–H groups in total. The van der Waals surface area contributed by atoms with Crippen LogP contribution in [0.5, 0.6) is 0 Å². The Morgan fingerprint density at radius 1 is 1.55 bits per heavy atom. The van der Waals surface area contributed by atoms with Gasteiger partial charge in [0.15, 0.2) is 0 Å². The standard InChI is InChI=1S/C13H17N3O4/c1-7-8(12(18)16(4)5-13(2,3)19)9-10(17)14-6-15-11(9)20-7/h6,19H,5H2,1-4H3,(H,14,15,17). The average molecular weight is 279 g/mol. The van der Waals surface area contributed by atoms with Gasteiger partial charge in [0.05, 0.1) is 17.5 Å². The molecule has 2 rings (SSSR count). The molecule has 2 aromatic rings. The van der Waals surface area contributed by atoms with Gasteiger partial charge in [0.25, 0.3) is 11.5 Å². The lowest BCUT2D eigenvalue weighted by atomic mass is 10.1. The molecular weight excluding hydrogens is 262 g/mol. The Hall–Kier alpha value is -2.15. The Morgan fingerprint density at radius 3 is 2.80 bits per heavy atom. The second-order valence-corrected chi connectivity index (χ2v) is 5.42. The third-order valence-electron chi connectivity index (χ3n) is 2.85. The quantitative estimate of drug-likeness (QED) is 0.860. The zero-order chi connectivity index (χ0) is 15.1. The number of hydrogen-bond acceptors (Lipinski definition) is 5. The zero-order valence-corrected chi connectivity index (χ0v) is 11.9. The van der Waals surface area contributed by atoms with E-state index in [9.17, 15) is 14.7 Å². The van der Waals surface area contributed by atoms with Gasteiger partial charge in [0.2, 0.25) is 5.71 Å². The molecule has 0 radical (unpaired) electrons. The van der Waals surface area contributed by atoms with Crippen LogP contribution in [0.1, 0.15) is 30.0 Å². The summed E-state index contributed by atoms with van der Waals surface area (Å²) in [6.07, 6.45) is 1.22. The van der Waals surface area contributed by atoms with Crippen LogP contribution in [-0.2, 0) is 0 Å². The second kappa shape index (κ2) is 4.75. The van der Waals surface area contributed by atoms with Crippen LogP contribution in [0, 0.1) is 6.92 Å². The number of nitrogens with one attached hydrogen (secondary N) is 1. The number of aromatic nitrogens is 2.